The van der Waals surface area contributed by atoms with E-state index in [1.165, 1.54) is 23.5 Å². The molecule has 1 heterocycles. The lowest BCUT2D eigenvalue weighted by Crippen LogP contribution is -2.13. The van der Waals surface area contributed by atoms with Crippen molar-refractivity contribution in [3.05, 3.63) is 45.1 Å². The molecule has 0 atom stereocenters. The summed E-state index contributed by atoms with van der Waals surface area (Å²) in [6.07, 6.45) is 0. The molecule has 88 valence electrons. The van der Waals surface area contributed by atoms with E-state index in [1.54, 1.807) is 6.07 Å². The van der Waals surface area contributed by atoms with E-state index in [1.807, 2.05) is 12.3 Å². The highest BCUT2D eigenvalue weighted by atomic mass is 79.9. The molecule has 0 bridgehead atoms. The Morgan fingerprint density at radius 2 is 2.29 bits per heavy atom. The van der Waals surface area contributed by atoms with Crippen LogP contribution in [0, 0.1) is 12.7 Å². The molecule has 0 aliphatic carbocycles. The number of carbonyl (C=O) groups excluding carboxylic acids is 1. The predicted molar refractivity (Wildman–Crippen MR) is 68.9 cm³/mol. The van der Waals surface area contributed by atoms with Gasteiger partial charge in [0.15, 0.2) is 5.13 Å². The molecule has 0 spiro atoms. The highest BCUT2D eigenvalue weighted by Crippen LogP contribution is 2.19. The molecule has 2 aromatic rings. The minimum atomic E-state index is -0.565. The van der Waals surface area contributed by atoms with Crippen LogP contribution in [-0.2, 0) is 0 Å². The fourth-order valence-electron chi connectivity index (χ4n) is 1.25. The van der Waals surface area contributed by atoms with Gasteiger partial charge in [0, 0.05) is 9.85 Å². The Hall–Kier alpha value is -1.27. The second kappa shape index (κ2) is 4.93. The summed E-state index contributed by atoms with van der Waals surface area (Å²) >= 11 is 4.44. The molecule has 2 rings (SSSR count). The summed E-state index contributed by atoms with van der Waals surface area (Å²) in [6.45, 7) is 1.83. The number of amides is 1. The van der Waals surface area contributed by atoms with Crippen LogP contribution in [0.1, 0.15) is 16.1 Å². The van der Waals surface area contributed by atoms with Gasteiger partial charge in [-0.2, -0.15) is 0 Å². The van der Waals surface area contributed by atoms with Gasteiger partial charge in [-0.05, 0) is 25.1 Å². The number of thiazole rings is 1. The number of rotatable bonds is 2. The SMILES string of the molecule is Cc1csc(NC(=O)c2ccc(Br)cc2F)n1. The Bertz CT molecular complexity index is 570. The van der Waals surface area contributed by atoms with Crippen LogP contribution in [0.25, 0.3) is 0 Å². The molecule has 1 amide bonds. The number of hydrogen-bond acceptors (Lipinski definition) is 3. The van der Waals surface area contributed by atoms with E-state index in [-0.39, 0.29) is 5.56 Å². The van der Waals surface area contributed by atoms with Crippen molar-refractivity contribution in [3.63, 3.8) is 0 Å². The predicted octanol–water partition coefficient (Wildman–Crippen LogP) is 3.61. The number of anilines is 1. The first-order valence-corrected chi connectivity index (χ1v) is 6.42. The maximum atomic E-state index is 13.5. The number of halogens is 2. The van der Waals surface area contributed by atoms with Crippen molar-refractivity contribution in [1.82, 2.24) is 4.98 Å². The minimum absolute atomic E-state index is 0.000975. The molecule has 0 aliphatic rings. The van der Waals surface area contributed by atoms with Crippen molar-refractivity contribution in [2.45, 2.75) is 6.92 Å². The van der Waals surface area contributed by atoms with Crippen LogP contribution in [0.2, 0.25) is 0 Å². The van der Waals surface area contributed by atoms with Crippen molar-refractivity contribution in [1.29, 1.82) is 0 Å². The smallest absolute Gasteiger partial charge is 0.260 e. The topological polar surface area (TPSA) is 42.0 Å². The molecule has 0 fully saturated rings. The number of nitrogens with zero attached hydrogens (tertiary/aromatic N) is 1. The van der Waals surface area contributed by atoms with Gasteiger partial charge < -0.3 is 0 Å². The number of benzene rings is 1. The molecule has 0 aliphatic heterocycles. The third kappa shape index (κ3) is 2.89. The maximum Gasteiger partial charge on any atom is 0.260 e. The highest BCUT2D eigenvalue weighted by molar-refractivity contribution is 9.10. The summed E-state index contributed by atoms with van der Waals surface area (Å²) in [6, 6.07) is 4.29. The Morgan fingerprint density at radius 3 is 2.88 bits per heavy atom. The molecule has 1 N–H and O–H groups in total. The first kappa shape index (κ1) is 12.2. The van der Waals surface area contributed by atoms with E-state index < -0.39 is 11.7 Å². The van der Waals surface area contributed by atoms with Gasteiger partial charge in [-0.25, -0.2) is 9.37 Å². The van der Waals surface area contributed by atoms with Crippen LogP contribution in [0.15, 0.2) is 28.1 Å². The summed E-state index contributed by atoms with van der Waals surface area (Å²) < 4.78 is 14.1. The van der Waals surface area contributed by atoms with Crippen molar-refractivity contribution in [2.24, 2.45) is 0 Å². The summed E-state index contributed by atoms with van der Waals surface area (Å²) in [7, 11) is 0. The lowest BCUT2D eigenvalue weighted by atomic mass is 10.2. The Morgan fingerprint density at radius 1 is 1.53 bits per heavy atom. The second-order valence-corrected chi connectivity index (χ2v) is 5.15. The second-order valence-electron chi connectivity index (χ2n) is 3.37. The fraction of sp³-hybridized carbons (Fsp3) is 0.0909. The Labute approximate surface area is 110 Å². The summed E-state index contributed by atoms with van der Waals surface area (Å²) in [5.74, 6) is -1.06. The summed E-state index contributed by atoms with van der Waals surface area (Å²) in [5.41, 5.74) is 0.822. The number of aromatic nitrogens is 1. The fourth-order valence-corrected chi connectivity index (χ4v) is 2.27. The van der Waals surface area contributed by atoms with Gasteiger partial charge >= 0.3 is 0 Å². The number of aryl methyl sites for hydroxylation is 1. The number of nitrogens with one attached hydrogen (secondary N) is 1. The van der Waals surface area contributed by atoms with Gasteiger partial charge in [0.05, 0.1) is 11.3 Å². The third-order valence-electron chi connectivity index (χ3n) is 2.02. The Balaban J connectivity index is 2.20. The molecule has 0 saturated carbocycles. The zero-order valence-electron chi connectivity index (χ0n) is 8.83. The van der Waals surface area contributed by atoms with E-state index in [4.69, 9.17) is 0 Å². The lowest BCUT2D eigenvalue weighted by molar-refractivity contribution is 0.102. The van der Waals surface area contributed by atoms with Gasteiger partial charge in [-0.15, -0.1) is 11.3 Å². The number of hydrogen-bond donors (Lipinski definition) is 1. The maximum absolute atomic E-state index is 13.5. The van der Waals surface area contributed by atoms with Crippen LogP contribution in [0.5, 0.6) is 0 Å². The summed E-state index contributed by atoms with van der Waals surface area (Å²) in [5, 5.41) is 4.83. The van der Waals surface area contributed by atoms with Crippen molar-refractivity contribution in [3.8, 4) is 0 Å². The van der Waals surface area contributed by atoms with Crippen LogP contribution in [-0.4, -0.2) is 10.9 Å². The van der Waals surface area contributed by atoms with Crippen LogP contribution in [0.4, 0.5) is 9.52 Å². The molecule has 1 aromatic heterocycles. The van der Waals surface area contributed by atoms with Gasteiger partial charge in [-0.1, -0.05) is 15.9 Å². The molecule has 0 unspecified atom stereocenters. The van der Waals surface area contributed by atoms with Crippen LogP contribution >= 0.6 is 27.3 Å². The van der Waals surface area contributed by atoms with Gasteiger partial charge in [0.1, 0.15) is 5.82 Å². The molecule has 3 nitrogen and oxygen atoms in total. The van der Waals surface area contributed by atoms with Crippen molar-refractivity contribution < 1.29 is 9.18 Å². The quantitative estimate of drug-likeness (QED) is 0.920. The van der Waals surface area contributed by atoms with E-state index in [9.17, 15) is 9.18 Å². The molecular weight excluding hydrogens is 307 g/mol. The lowest BCUT2D eigenvalue weighted by Gasteiger charge is -2.03. The van der Waals surface area contributed by atoms with Crippen LogP contribution in [0.3, 0.4) is 0 Å². The molecule has 0 radical (unpaired) electrons. The molecule has 6 heteroatoms. The van der Waals surface area contributed by atoms with E-state index in [0.29, 0.717) is 9.60 Å². The largest absolute Gasteiger partial charge is 0.298 e. The third-order valence-corrected chi connectivity index (χ3v) is 3.38. The zero-order valence-corrected chi connectivity index (χ0v) is 11.2. The average Bonchev–Trinajstić information content (AvgIpc) is 2.63. The first-order valence-electron chi connectivity index (χ1n) is 4.75. The molecule has 17 heavy (non-hydrogen) atoms. The highest BCUT2D eigenvalue weighted by Gasteiger charge is 2.13. The van der Waals surface area contributed by atoms with Gasteiger partial charge in [0.25, 0.3) is 5.91 Å². The normalized spacial score (nSPS) is 10.3. The zero-order chi connectivity index (χ0) is 12.4. The van der Waals surface area contributed by atoms with E-state index >= 15 is 0 Å². The molecule has 1 aromatic carbocycles. The van der Waals surface area contributed by atoms with Gasteiger partial charge in [-0.3, -0.25) is 10.1 Å². The monoisotopic (exact) mass is 314 g/mol. The molecular formula is C11H8BrFN2OS. The number of carbonyl (C=O) groups is 1. The Kier molecular flexibility index (Phi) is 3.54. The standard InChI is InChI=1S/C11H8BrFN2OS/c1-6-5-17-11(14-6)15-10(16)8-3-2-7(12)4-9(8)13/h2-5H,1H3,(H,14,15,16). The average molecular weight is 315 g/mol. The van der Waals surface area contributed by atoms with E-state index in [0.717, 1.165) is 5.69 Å². The van der Waals surface area contributed by atoms with Gasteiger partial charge in [0.2, 0.25) is 0 Å². The summed E-state index contributed by atoms with van der Waals surface area (Å²) in [4.78, 5) is 15.8. The van der Waals surface area contributed by atoms with Crippen molar-refractivity contribution >= 4 is 38.3 Å². The molecule has 0 saturated heterocycles. The first-order chi connectivity index (χ1) is 8.06. The minimum Gasteiger partial charge on any atom is -0.298 e. The van der Waals surface area contributed by atoms with Crippen LogP contribution < -0.4 is 5.32 Å². The van der Waals surface area contributed by atoms with E-state index in [2.05, 4.69) is 26.2 Å². The van der Waals surface area contributed by atoms with Crippen molar-refractivity contribution in [2.75, 3.05) is 5.32 Å².